The second kappa shape index (κ2) is 10.2. The van der Waals surface area contributed by atoms with Gasteiger partial charge in [-0.05, 0) is 24.1 Å². The van der Waals surface area contributed by atoms with E-state index in [1.54, 1.807) is 51.3 Å². The minimum Gasteiger partial charge on any atom is -0.497 e. The highest BCUT2D eigenvalue weighted by molar-refractivity contribution is 5.75. The summed E-state index contributed by atoms with van der Waals surface area (Å²) in [7, 11) is 3.22. The van der Waals surface area contributed by atoms with Gasteiger partial charge in [0, 0.05) is 72.5 Å². The fraction of sp³-hybridized carbons (Fsp3) is 0.174. The van der Waals surface area contributed by atoms with E-state index in [-0.39, 0.29) is 0 Å². The molecule has 4 aromatic rings. The second-order valence-corrected chi connectivity index (χ2v) is 6.84. The Hall–Kier alpha value is -4.27. The third-order valence-corrected chi connectivity index (χ3v) is 4.72. The zero-order valence-corrected chi connectivity index (χ0v) is 17.8. The maximum absolute atomic E-state index is 5.34. The van der Waals surface area contributed by atoms with Gasteiger partial charge in [-0.1, -0.05) is 0 Å². The lowest BCUT2D eigenvalue weighted by atomic mass is 10.1. The zero-order valence-electron chi connectivity index (χ0n) is 17.8. The molecule has 9 nitrogen and oxygen atoms in total. The smallest absolute Gasteiger partial charge is 0.229 e. The molecule has 1 aromatic carbocycles. The van der Waals surface area contributed by atoms with Crippen molar-refractivity contribution < 1.29 is 9.47 Å². The second-order valence-electron chi connectivity index (χ2n) is 6.84. The summed E-state index contributed by atoms with van der Waals surface area (Å²) in [6.45, 7) is 0.689. The van der Waals surface area contributed by atoms with E-state index in [2.05, 4.69) is 30.6 Å². The van der Waals surface area contributed by atoms with Crippen molar-refractivity contribution in [3.8, 4) is 22.6 Å². The number of hydrogen-bond donors (Lipinski definition) is 2. The molecular formula is C23H23N7O2. The Balaban J connectivity index is 1.59. The van der Waals surface area contributed by atoms with Gasteiger partial charge < -0.3 is 20.1 Å². The van der Waals surface area contributed by atoms with Gasteiger partial charge in [0.2, 0.25) is 5.95 Å². The molecule has 3 heterocycles. The minimum atomic E-state index is 0.437. The molecule has 162 valence electrons. The van der Waals surface area contributed by atoms with Crippen LogP contribution in [0.1, 0.15) is 5.56 Å². The predicted molar refractivity (Wildman–Crippen MR) is 122 cm³/mol. The molecule has 0 unspecified atom stereocenters. The van der Waals surface area contributed by atoms with Gasteiger partial charge in [-0.3, -0.25) is 4.98 Å². The molecule has 0 radical (unpaired) electrons. The van der Waals surface area contributed by atoms with Crippen molar-refractivity contribution in [1.82, 2.24) is 24.9 Å². The van der Waals surface area contributed by atoms with Gasteiger partial charge in [0.25, 0.3) is 0 Å². The number of aromatic nitrogens is 5. The lowest BCUT2D eigenvalue weighted by Gasteiger charge is -2.14. The van der Waals surface area contributed by atoms with Crippen LogP contribution in [0.15, 0.2) is 67.6 Å². The van der Waals surface area contributed by atoms with Crippen molar-refractivity contribution in [2.75, 3.05) is 31.4 Å². The van der Waals surface area contributed by atoms with Gasteiger partial charge in [-0.25, -0.2) is 15.0 Å². The Morgan fingerprint density at radius 1 is 0.875 bits per heavy atom. The summed E-state index contributed by atoms with van der Waals surface area (Å²) in [6, 6.07) is 9.49. The monoisotopic (exact) mass is 429 g/mol. The predicted octanol–water partition coefficient (Wildman–Crippen LogP) is 3.74. The van der Waals surface area contributed by atoms with Gasteiger partial charge in [0.1, 0.15) is 23.6 Å². The molecule has 0 aliphatic heterocycles. The molecule has 0 aliphatic rings. The van der Waals surface area contributed by atoms with Crippen LogP contribution in [0.3, 0.4) is 0 Å². The fourth-order valence-corrected chi connectivity index (χ4v) is 3.11. The molecule has 4 rings (SSSR count). The van der Waals surface area contributed by atoms with E-state index in [4.69, 9.17) is 14.5 Å². The van der Waals surface area contributed by atoms with E-state index in [0.717, 1.165) is 23.2 Å². The fourth-order valence-electron chi connectivity index (χ4n) is 3.11. The van der Waals surface area contributed by atoms with E-state index in [1.165, 1.54) is 11.9 Å². The number of hydrogen-bond acceptors (Lipinski definition) is 9. The van der Waals surface area contributed by atoms with E-state index in [0.29, 0.717) is 29.8 Å². The number of ether oxygens (including phenoxy) is 2. The highest BCUT2D eigenvalue weighted by atomic mass is 16.5. The lowest BCUT2D eigenvalue weighted by molar-refractivity contribution is 0.395. The quantitative estimate of drug-likeness (QED) is 0.411. The molecule has 32 heavy (non-hydrogen) atoms. The Kier molecular flexibility index (Phi) is 6.66. The van der Waals surface area contributed by atoms with E-state index >= 15 is 0 Å². The first-order chi connectivity index (χ1) is 15.7. The normalized spacial score (nSPS) is 10.4. The van der Waals surface area contributed by atoms with Crippen LogP contribution >= 0.6 is 0 Å². The summed E-state index contributed by atoms with van der Waals surface area (Å²) in [5.74, 6) is 2.45. The number of rotatable bonds is 9. The molecule has 0 saturated heterocycles. The molecule has 9 heteroatoms. The number of benzene rings is 1. The van der Waals surface area contributed by atoms with Crippen molar-refractivity contribution in [2.45, 2.75) is 6.42 Å². The van der Waals surface area contributed by atoms with Crippen LogP contribution in [-0.2, 0) is 6.42 Å². The minimum absolute atomic E-state index is 0.437. The van der Waals surface area contributed by atoms with Crippen LogP contribution in [0.4, 0.5) is 17.5 Å². The Morgan fingerprint density at radius 3 is 2.28 bits per heavy atom. The molecule has 0 fully saturated rings. The zero-order chi connectivity index (χ0) is 22.2. The topological polar surface area (TPSA) is 107 Å². The standard InChI is InChI=1S/C23H23N7O2/c1-31-19-9-18(10-20(11-19)32-2)29-23-28-14-21(17-12-25-15-26-13-17)22(30-23)27-8-5-16-3-6-24-7-4-16/h3-4,6-7,9-15H,5,8H2,1-2H3,(H2,27,28,29,30). The van der Waals surface area contributed by atoms with Crippen molar-refractivity contribution >= 4 is 17.5 Å². The van der Waals surface area contributed by atoms with Crippen LogP contribution in [-0.4, -0.2) is 45.7 Å². The molecular weight excluding hydrogens is 406 g/mol. The lowest BCUT2D eigenvalue weighted by Crippen LogP contribution is -2.09. The van der Waals surface area contributed by atoms with Gasteiger partial charge in [0.15, 0.2) is 0 Å². The van der Waals surface area contributed by atoms with Gasteiger partial charge in [-0.15, -0.1) is 0 Å². The molecule has 3 aromatic heterocycles. The number of nitrogens with zero attached hydrogens (tertiary/aromatic N) is 5. The molecule has 0 aliphatic carbocycles. The van der Waals surface area contributed by atoms with Gasteiger partial charge in [0.05, 0.1) is 14.2 Å². The maximum Gasteiger partial charge on any atom is 0.229 e. The first kappa shape index (κ1) is 21.0. The summed E-state index contributed by atoms with van der Waals surface area (Å²) in [5, 5.41) is 6.63. The summed E-state index contributed by atoms with van der Waals surface area (Å²) in [4.78, 5) is 21.5. The first-order valence-electron chi connectivity index (χ1n) is 10.0. The highest BCUT2D eigenvalue weighted by Gasteiger charge is 2.11. The summed E-state index contributed by atoms with van der Waals surface area (Å²) < 4.78 is 10.7. The molecule has 0 bridgehead atoms. The van der Waals surface area contributed by atoms with Crippen LogP contribution in [0.5, 0.6) is 11.5 Å². The number of anilines is 3. The maximum atomic E-state index is 5.34. The number of methoxy groups -OCH3 is 2. The largest absolute Gasteiger partial charge is 0.497 e. The molecule has 0 atom stereocenters. The summed E-state index contributed by atoms with van der Waals surface area (Å²) in [6.07, 6.45) is 11.1. The van der Waals surface area contributed by atoms with Crippen molar-refractivity contribution in [3.63, 3.8) is 0 Å². The number of nitrogens with one attached hydrogen (secondary N) is 2. The average molecular weight is 429 g/mol. The van der Waals surface area contributed by atoms with Gasteiger partial charge in [-0.2, -0.15) is 4.98 Å². The van der Waals surface area contributed by atoms with Crippen LogP contribution < -0.4 is 20.1 Å². The molecule has 2 N–H and O–H groups in total. The third kappa shape index (κ3) is 5.25. The van der Waals surface area contributed by atoms with Crippen LogP contribution in [0.2, 0.25) is 0 Å². The van der Waals surface area contributed by atoms with Crippen LogP contribution in [0, 0.1) is 0 Å². The summed E-state index contributed by atoms with van der Waals surface area (Å²) >= 11 is 0. The Labute approximate surface area is 185 Å². The Morgan fingerprint density at radius 2 is 1.59 bits per heavy atom. The van der Waals surface area contributed by atoms with Crippen molar-refractivity contribution in [1.29, 1.82) is 0 Å². The summed E-state index contributed by atoms with van der Waals surface area (Å²) in [5.41, 5.74) is 3.58. The molecule has 0 spiro atoms. The number of pyridine rings is 1. The first-order valence-corrected chi connectivity index (χ1v) is 10.0. The third-order valence-electron chi connectivity index (χ3n) is 4.72. The van der Waals surface area contributed by atoms with Gasteiger partial charge >= 0.3 is 0 Å². The molecule has 0 saturated carbocycles. The van der Waals surface area contributed by atoms with Crippen molar-refractivity contribution in [2.24, 2.45) is 0 Å². The molecule has 0 amide bonds. The van der Waals surface area contributed by atoms with E-state index in [1.807, 2.05) is 24.3 Å². The van der Waals surface area contributed by atoms with E-state index < -0.39 is 0 Å². The highest BCUT2D eigenvalue weighted by Crippen LogP contribution is 2.29. The Bertz CT molecular complexity index is 1140. The average Bonchev–Trinajstić information content (AvgIpc) is 2.85. The SMILES string of the molecule is COc1cc(Nc2ncc(-c3cncnc3)c(NCCc3ccncc3)n2)cc(OC)c1. The van der Waals surface area contributed by atoms with E-state index in [9.17, 15) is 0 Å². The van der Waals surface area contributed by atoms with Crippen molar-refractivity contribution in [3.05, 3.63) is 73.2 Å². The van der Waals surface area contributed by atoms with Crippen LogP contribution in [0.25, 0.3) is 11.1 Å².